The van der Waals surface area contributed by atoms with Gasteiger partial charge in [-0.3, -0.25) is 0 Å². The van der Waals surface area contributed by atoms with E-state index < -0.39 is 5.97 Å². The lowest BCUT2D eigenvalue weighted by atomic mass is 10.0. The average Bonchev–Trinajstić information content (AvgIpc) is 3.44. The van der Waals surface area contributed by atoms with Crippen LogP contribution in [0.3, 0.4) is 0 Å². The van der Waals surface area contributed by atoms with E-state index in [1.807, 2.05) is 43.5 Å². The Kier molecular flexibility index (Phi) is 6.91. The Morgan fingerprint density at radius 2 is 1.97 bits per heavy atom. The van der Waals surface area contributed by atoms with Gasteiger partial charge < -0.3 is 18.9 Å². The van der Waals surface area contributed by atoms with Crippen LogP contribution >= 0.6 is 0 Å². The van der Waals surface area contributed by atoms with E-state index in [0.717, 1.165) is 41.1 Å². The maximum Gasteiger partial charge on any atom is 0.360 e. The lowest BCUT2D eigenvalue weighted by Gasteiger charge is -2.16. The Labute approximate surface area is 197 Å². The number of aryl methyl sites for hydroxylation is 2. The van der Waals surface area contributed by atoms with Crippen LogP contribution in [0.2, 0.25) is 0 Å². The molecule has 0 unspecified atom stereocenters. The molecule has 2 aromatic heterocycles. The van der Waals surface area contributed by atoms with Crippen LogP contribution < -0.4 is 4.74 Å². The summed E-state index contributed by atoms with van der Waals surface area (Å²) < 4.78 is 15.1. The topological polar surface area (TPSA) is 92.2 Å². The molecule has 2 heterocycles. The first kappa shape index (κ1) is 23.0. The van der Waals surface area contributed by atoms with Gasteiger partial charge in [0.1, 0.15) is 25.8 Å². The Morgan fingerprint density at radius 3 is 2.74 bits per heavy atom. The highest BCUT2D eigenvalue weighted by molar-refractivity contribution is 6.43. The summed E-state index contributed by atoms with van der Waals surface area (Å²) in [6.45, 7) is 5.19. The summed E-state index contributed by atoms with van der Waals surface area (Å²) >= 11 is 0. The molecule has 0 N–H and O–H groups in total. The maximum atomic E-state index is 12.3. The highest BCUT2D eigenvalue weighted by Crippen LogP contribution is 2.33. The third kappa shape index (κ3) is 4.50. The molecule has 9 heteroatoms. The number of aromatic nitrogens is 4. The van der Waals surface area contributed by atoms with Crippen molar-refractivity contribution in [2.45, 2.75) is 33.4 Å². The van der Waals surface area contributed by atoms with Crippen LogP contribution in [-0.4, -0.2) is 45.1 Å². The average molecular weight is 462 g/mol. The monoisotopic (exact) mass is 461 g/mol. The fourth-order valence-electron chi connectivity index (χ4n) is 3.87. The molecule has 34 heavy (non-hydrogen) atoms. The maximum absolute atomic E-state index is 12.3. The fraction of sp³-hybridized carbons (Fsp3) is 0.280. The van der Waals surface area contributed by atoms with Crippen molar-refractivity contribution in [1.29, 1.82) is 0 Å². The molecule has 0 atom stereocenters. The van der Waals surface area contributed by atoms with Crippen molar-refractivity contribution in [3.05, 3.63) is 71.7 Å². The zero-order valence-corrected chi connectivity index (χ0v) is 19.7. The molecule has 0 radical (unpaired) electrons. The second-order valence-electron chi connectivity index (χ2n) is 7.73. The Hall–Kier alpha value is -4.14. The molecular formula is C25H27N5O4. The number of fused-ring (bicyclic) bond motifs is 1. The Morgan fingerprint density at radius 1 is 1.15 bits per heavy atom. The molecule has 0 amide bonds. The van der Waals surface area contributed by atoms with Crippen molar-refractivity contribution in [1.82, 2.24) is 19.2 Å². The van der Waals surface area contributed by atoms with Crippen molar-refractivity contribution in [2.75, 3.05) is 14.2 Å². The van der Waals surface area contributed by atoms with Gasteiger partial charge in [0.15, 0.2) is 5.71 Å². The van der Waals surface area contributed by atoms with E-state index >= 15 is 0 Å². The first-order valence-electron chi connectivity index (χ1n) is 11.0. The molecular weight excluding hydrogens is 434 g/mol. The first-order chi connectivity index (χ1) is 16.6. The van der Waals surface area contributed by atoms with Crippen LogP contribution in [0.4, 0.5) is 0 Å². The molecule has 2 aromatic carbocycles. The van der Waals surface area contributed by atoms with Crippen LogP contribution in [-0.2, 0) is 27.5 Å². The fourth-order valence-corrected chi connectivity index (χ4v) is 3.87. The van der Waals surface area contributed by atoms with Crippen molar-refractivity contribution in [3.8, 4) is 17.0 Å². The lowest BCUT2D eigenvalue weighted by molar-refractivity contribution is -0.132. The van der Waals surface area contributed by atoms with E-state index in [2.05, 4.69) is 32.8 Å². The summed E-state index contributed by atoms with van der Waals surface area (Å²) in [6, 6.07) is 13.4. The van der Waals surface area contributed by atoms with Gasteiger partial charge in [-0.1, -0.05) is 48.0 Å². The van der Waals surface area contributed by atoms with Crippen LogP contribution in [0, 0.1) is 6.92 Å². The highest BCUT2D eigenvalue weighted by atomic mass is 16.6. The largest absolute Gasteiger partial charge is 0.488 e. The van der Waals surface area contributed by atoms with Gasteiger partial charge in [0.2, 0.25) is 5.78 Å². The summed E-state index contributed by atoms with van der Waals surface area (Å²) in [4.78, 5) is 21.6. The summed E-state index contributed by atoms with van der Waals surface area (Å²) in [5, 5.41) is 8.18. The SMILES string of the molecule is CCCn1c(-c2cc(C)ccc2OCc2ccccc2/C(=N/OC)C(=O)OC)cn2ncnc12. The second-order valence-corrected chi connectivity index (χ2v) is 7.73. The number of nitrogens with zero attached hydrogens (tertiary/aromatic N) is 5. The lowest BCUT2D eigenvalue weighted by Crippen LogP contribution is -2.19. The van der Waals surface area contributed by atoms with Crippen LogP contribution in [0.5, 0.6) is 5.75 Å². The molecule has 0 aliphatic rings. The van der Waals surface area contributed by atoms with Gasteiger partial charge in [-0.15, -0.1) is 0 Å². The van der Waals surface area contributed by atoms with Crippen molar-refractivity contribution >= 4 is 17.5 Å². The van der Waals surface area contributed by atoms with Gasteiger partial charge in [-0.2, -0.15) is 10.1 Å². The van der Waals surface area contributed by atoms with E-state index in [0.29, 0.717) is 11.3 Å². The zero-order valence-electron chi connectivity index (χ0n) is 19.7. The van der Waals surface area contributed by atoms with E-state index in [1.165, 1.54) is 14.2 Å². The summed E-state index contributed by atoms with van der Waals surface area (Å²) in [5.41, 5.74) is 4.46. The molecule has 0 bridgehead atoms. The number of hydrogen-bond acceptors (Lipinski definition) is 7. The van der Waals surface area contributed by atoms with Crippen molar-refractivity contribution in [2.24, 2.45) is 5.16 Å². The number of methoxy groups -OCH3 is 1. The van der Waals surface area contributed by atoms with Crippen LogP contribution in [0.15, 0.2) is 60.1 Å². The summed E-state index contributed by atoms with van der Waals surface area (Å²) in [6.07, 6.45) is 4.47. The quantitative estimate of drug-likeness (QED) is 0.212. The standard InChI is InChI=1S/C25H27N5O4/c1-5-12-29-21(14-30-25(29)26-16-27-30)20-13-17(2)10-11-22(20)34-15-18-8-6-7-9-19(18)23(28-33-4)24(31)32-3/h6-11,13-14,16H,5,12,15H2,1-4H3/b28-23-. The highest BCUT2D eigenvalue weighted by Gasteiger charge is 2.20. The van der Waals surface area contributed by atoms with E-state index in [1.54, 1.807) is 16.9 Å². The van der Waals surface area contributed by atoms with Gasteiger partial charge in [-0.25, -0.2) is 9.31 Å². The molecule has 0 spiro atoms. The van der Waals surface area contributed by atoms with Gasteiger partial charge in [0, 0.05) is 17.7 Å². The minimum Gasteiger partial charge on any atom is -0.488 e. The minimum absolute atomic E-state index is 0.0810. The number of benzene rings is 2. The number of hydrogen-bond donors (Lipinski definition) is 0. The number of oxime groups is 1. The number of ether oxygens (including phenoxy) is 2. The van der Waals surface area contributed by atoms with E-state index in [-0.39, 0.29) is 12.3 Å². The number of carbonyl (C=O) groups excluding carboxylic acids is 1. The number of esters is 1. The van der Waals surface area contributed by atoms with Crippen LogP contribution in [0.1, 0.15) is 30.0 Å². The molecule has 0 saturated carbocycles. The Balaban J connectivity index is 1.71. The molecule has 4 rings (SSSR count). The van der Waals surface area contributed by atoms with Gasteiger partial charge >= 0.3 is 5.97 Å². The van der Waals surface area contributed by atoms with E-state index in [9.17, 15) is 4.79 Å². The van der Waals surface area contributed by atoms with Crippen molar-refractivity contribution in [3.63, 3.8) is 0 Å². The second kappa shape index (κ2) is 10.2. The smallest absolute Gasteiger partial charge is 0.360 e. The number of carbonyl (C=O) groups is 1. The number of rotatable bonds is 9. The summed E-state index contributed by atoms with van der Waals surface area (Å²) in [5.74, 6) is 0.911. The van der Waals surface area contributed by atoms with Gasteiger partial charge in [0.25, 0.3) is 0 Å². The summed E-state index contributed by atoms with van der Waals surface area (Å²) in [7, 11) is 2.69. The molecule has 0 fully saturated rings. The third-order valence-corrected chi connectivity index (χ3v) is 5.41. The Bertz CT molecular complexity index is 1340. The van der Waals surface area contributed by atoms with Gasteiger partial charge in [-0.05, 0) is 31.0 Å². The molecule has 0 aliphatic heterocycles. The first-order valence-corrected chi connectivity index (χ1v) is 11.0. The molecule has 9 nitrogen and oxygen atoms in total. The number of imidazole rings is 1. The molecule has 0 saturated heterocycles. The molecule has 0 aliphatic carbocycles. The zero-order chi connectivity index (χ0) is 24.1. The molecule has 4 aromatic rings. The van der Waals surface area contributed by atoms with Gasteiger partial charge in [0.05, 0.1) is 19.0 Å². The van der Waals surface area contributed by atoms with E-state index in [4.69, 9.17) is 14.3 Å². The van der Waals surface area contributed by atoms with Crippen LogP contribution in [0.25, 0.3) is 17.0 Å². The molecule has 176 valence electrons. The predicted molar refractivity (Wildman–Crippen MR) is 128 cm³/mol. The predicted octanol–water partition coefficient (Wildman–Crippen LogP) is 4.02. The third-order valence-electron chi connectivity index (χ3n) is 5.41. The minimum atomic E-state index is -0.585. The van der Waals surface area contributed by atoms with Crippen molar-refractivity contribution < 1.29 is 19.1 Å². The normalized spacial score (nSPS) is 11.6.